The van der Waals surface area contributed by atoms with Gasteiger partial charge in [-0.1, -0.05) is 0 Å². The van der Waals surface area contributed by atoms with E-state index < -0.39 is 0 Å². The molecule has 1 aliphatic rings. The maximum absolute atomic E-state index is 5.92. The zero-order valence-corrected chi connectivity index (χ0v) is 6.95. The van der Waals surface area contributed by atoms with Gasteiger partial charge < -0.3 is 10.5 Å². The zero-order chi connectivity index (χ0) is 8.60. The fourth-order valence-electron chi connectivity index (χ4n) is 1.09. The molecule has 0 radical (unpaired) electrons. The molecule has 1 aromatic rings. The van der Waals surface area contributed by atoms with Crippen LogP contribution in [-0.4, -0.2) is 17.3 Å². The van der Waals surface area contributed by atoms with Crippen LogP contribution in [0.1, 0.15) is 18.5 Å². The lowest BCUT2D eigenvalue weighted by Crippen LogP contribution is -2.20. The number of nitrogens with zero attached hydrogens (tertiary/aromatic N) is 2. The van der Waals surface area contributed by atoms with Crippen molar-refractivity contribution in [3.63, 3.8) is 0 Å². The second-order valence-corrected chi connectivity index (χ2v) is 3.12. The molecule has 0 saturated heterocycles. The monoisotopic (exact) mass is 165 g/mol. The van der Waals surface area contributed by atoms with E-state index in [-0.39, 0.29) is 5.54 Å². The van der Waals surface area contributed by atoms with E-state index in [9.17, 15) is 0 Å². The van der Waals surface area contributed by atoms with E-state index in [0.717, 1.165) is 18.5 Å². The highest BCUT2D eigenvalue weighted by Gasteiger charge is 2.41. The van der Waals surface area contributed by atoms with Gasteiger partial charge in [0, 0.05) is 6.07 Å². The summed E-state index contributed by atoms with van der Waals surface area (Å²) in [6, 6.07) is 3.66. The van der Waals surface area contributed by atoms with Crippen LogP contribution in [0.2, 0.25) is 0 Å². The number of rotatable bonds is 2. The quantitative estimate of drug-likeness (QED) is 0.690. The molecule has 4 heteroatoms. The van der Waals surface area contributed by atoms with Crippen molar-refractivity contribution in [1.29, 1.82) is 0 Å². The molecular weight excluding hydrogens is 154 g/mol. The number of methoxy groups -OCH3 is 1. The molecule has 1 aliphatic carbocycles. The summed E-state index contributed by atoms with van der Waals surface area (Å²) >= 11 is 0. The minimum absolute atomic E-state index is 0.195. The van der Waals surface area contributed by atoms with Crippen molar-refractivity contribution in [2.24, 2.45) is 5.73 Å². The van der Waals surface area contributed by atoms with Gasteiger partial charge in [0.05, 0.1) is 18.3 Å². The van der Waals surface area contributed by atoms with Crippen molar-refractivity contribution in [3.8, 4) is 5.88 Å². The maximum atomic E-state index is 5.92. The molecule has 0 unspecified atom stereocenters. The normalized spacial score (nSPS) is 18.8. The standard InChI is InChI=1S/C8H11N3O/c1-12-7-3-2-6(10-11-7)8(9)4-5-8/h2-3H,4-5,9H2,1H3. The second-order valence-electron chi connectivity index (χ2n) is 3.12. The second kappa shape index (κ2) is 2.42. The van der Waals surface area contributed by atoms with Crippen LogP contribution in [0.25, 0.3) is 0 Å². The molecule has 1 fully saturated rings. The SMILES string of the molecule is COc1ccc(C2(N)CC2)nn1. The number of nitrogens with two attached hydrogens (primary N) is 1. The smallest absolute Gasteiger partial charge is 0.233 e. The Labute approximate surface area is 70.7 Å². The Bertz CT molecular complexity index is 279. The van der Waals surface area contributed by atoms with Gasteiger partial charge in [-0.25, -0.2) is 0 Å². The van der Waals surface area contributed by atoms with Gasteiger partial charge in [-0.3, -0.25) is 0 Å². The van der Waals surface area contributed by atoms with E-state index in [1.54, 1.807) is 13.2 Å². The first kappa shape index (κ1) is 7.49. The Morgan fingerprint density at radius 2 is 2.17 bits per heavy atom. The molecule has 0 aliphatic heterocycles. The lowest BCUT2D eigenvalue weighted by Gasteiger charge is -2.06. The summed E-state index contributed by atoms with van der Waals surface area (Å²) in [4.78, 5) is 0. The van der Waals surface area contributed by atoms with Gasteiger partial charge in [-0.2, -0.15) is 0 Å². The molecule has 0 aromatic carbocycles. The Balaban J connectivity index is 2.25. The van der Waals surface area contributed by atoms with E-state index in [2.05, 4.69) is 10.2 Å². The van der Waals surface area contributed by atoms with Gasteiger partial charge in [0.25, 0.3) is 0 Å². The van der Waals surface area contributed by atoms with Crippen molar-refractivity contribution in [3.05, 3.63) is 17.8 Å². The summed E-state index contributed by atoms with van der Waals surface area (Å²) in [6.45, 7) is 0. The lowest BCUT2D eigenvalue weighted by molar-refractivity contribution is 0.390. The first-order valence-corrected chi connectivity index (χ1v) is 3.92. The summed E-state index contributed by atoms with van der Waals surface area (Å²) in [5.41, 5.74) is 6.59. The van der Waals surface area contributed by atoms with E-state index in [0.29, 0.717) is 5.88 Å². The molecule has 1 heterocycles. The Morgan fingerprint density at radius 3 is 2.58 bits per heavy atom. The highest BCUT2D eigenvalue weighted by molar-refractivity contribution is 5.23. The molecule has 2 N–H and O–H groups in total. The van der Waals surface area contributed by atoms with Crippen LogP contribution in [0, 0.1) is 0 Å². The van der Waals surface area contributed by atoms with Crippen molar-refractivity contribution in [1.82, 2.24) is 10.2 Å². The van der Waals surface area contributed by atoms with E-state index in [1.807, 2.05) is 6.07 Å². The molecular formula is C8H11N3O. The molecule has 12 heavy (non-hydrogen) atoms. The summed E-state index contributed by atoms with van der Waals surface area (Å²) in [6.07, 6.45) is 2.02. The van der Waals surface area contributed by atoms with Gasteiger partial charge in [0.2, 0.25) is 5.88 Å². The van der Waals surface area contributed by atoms with Gasteiger partial charge in [0.15, 0.2) is 0 Å². The molecule has 1 saturated carbocycles. The molecule has 0 spiro atoms. The van der Waals surface area contributed by atoms with Gasteiger partial charge in [0.1, 0.15) is 0 Å². The van der Waals surface area contributed by atoms with Gasteiger partial charge in [-0.15, -0.1) is 10.2 Å². The topological polar surface area (TPSA) is 61.0 Å². The number of aromatic nitrogens is 2. The summed E-state index contributed by atoms with van der Waals surface area (Å²) in [5, 5.41) is 7.83. The minimum Gasteiger partial charge on any atom is -0.480 e. The summed E-state index contributed by atoms with van der Waals surface area (Å²) in [5.74, 6) is 0.531. The van der Waals surface area contributed by atoms with Crippen LogP contribution in [0.3, 0.4) is 0 Å². The van der Waals surface area contributed by atoms with Gasteiger partial charge >= 0.3 is 0 Å². The molecule has 0 amide bonds. The summed E-state index contributed by atoms with van der Waals surface area (Å²) in [7, 11) is 1.57. The van der Waals surface area contributed by atoms with Gasteiger partial charge in [-0.05, 0) is 18.9 Å². The first-order chi connectivity index (χ1) is 5.74. The van der Waals surface area contributed by atoms with Crippen LogP contribution in [-0.2, 0) is 5.54 Å². The Kier molecular flexibility index (Phi) is 1.51. The van der Waals surface area contributed by atoms with Crippen LogP contribution in [0.4, 0.5) is 0 Å². The zero-order valence-electron chi connectivity index (χ0n) is 6.95. The highest BCUT2D eigenvalue weighted by atomic mass is 16.5. The lowest BCUT2D eigenvalue weighted by atomic mass is 10.2. The molecule has 2 rings (SSSR count). The van der Waals surface area contributed by atoms with E-state index in [1.165, 1.54) is 0 Å². The van der Waals surface area contributed by atoms with E-state index in [4.69, 9.17) is 10.5 Å². The fraction of sp³-hybridized carbons (Fsp3) is 0.500. The molecule has 64 valence electrons. The largest absolute Gasteiger partial charge is 0.480 e. The third-order valence-corrected chi connectivity index (χ3v) is 2.15. The third kappa shape index (κ3) is 1.14. The maximum Gasteiger partial charge on any atom is 0.233 e. The fourth-order valence-corrected chi connectivity index (χ4v) is 1.09. The van der Waals surface area contributed by atoms with Crippen LogP contribution in [0.15, 0.2) is 12.1 Å². The highest BCUT2D eigenvalue weighted by Crippen LogP contribution is 2.41. The predicted octanol–water partition coefficient (Wildman–Crippen LogP) is 0.433. The average Bonchev–Trinajstić information content (AvgIpc) is 2.85. The van der Waals surface area contributed by atoms with Crippen LogP contribution in [0.5, 0.6) is 5.88 Å². The molecule has 0 atom stereocenters. The number of hydrogen-bond donors (Lipinski definition) is 1. The number of ether oxygens (including phenoxy) is 1. The van der Waals surface area contributed by atoms with Crippen LogP contribution >= 0.6 is 0 Å². The Morgan fingerprint density at radius 1 is 1.42 bits per heavy atom. The van der Waals surface area contributed by atoms with E-state index >= 15 is 0 Å². The number of hydrogen-bond acceptors (Lipinski definition) is 4. The molecule has 1 aromatic heterocycles. The first-order valence-electron chi connectivity index (χ1n) is 3.92. The molecule has 0 bridgehead atoms. The predicted molar refractivity (Wildman–Crippen MR) is 43.7 cm³/mol. The summed E-state index contributed by atoms with van der Waals surface area (Å²) < 4.78 is 4.89. The van der Waals surface area contributed by atoms with Crippen molar-refractivity contribution < 1.29 is 4.74 Å². The van der Waals surface area contributed by atoms with Crippen LogP contribution < -0.4 is 10.5 Å². The average molecular weight is 165 g/mol. The van der Waals surface area contributed by atoms with Crippen molar-refractivity contribution >= 4 is 0 Å². The van der Waals surface area contributed by atoms with Crippen molar-refractivity contribution in [2.75, 3.05) is 7.11 Å². The minimum atomic E-state index is -0.195. The van der Waals surface area contributed by atoms with Crippen molar-refractivity contribution in [2.45, 2.75) is 18.4 Å². The molecule has 4 nitrogen and oxygen atoms in total. The third-order valence-electron chi connectivity index (χ3n) is 2.15. The Hall–Kier alpha value is -1.16.